The summed E-state index contributed by atoms with van der Waals surface area (Å²) in [5, 5.41) is 2.66. The fourth-order valence-corrected chi connectivity index (χ4v) is 2.94. The topological polar surface area (TPSA) is 52.7 Å². The number of nitrogens with zero attached hydrogens (tertiary/aromatic N) is 2. The molecule has 3 rings (SSSR count). The first-order valence-electron chi connectivity index (χ1n) is 7.09. The molecule has 0 spiro atoms. The van der Waals surface area contributed by atoms with Crippen molar-refractivity contribution in [2.45, 2.75) is 19.3 Å². The van der Waals surface area contributed by atoms with Crippen molar-refractivity contribution >= 4 is 17.6 Å². The number of nitrogens with one attached hydrogen (secondary N) is 1. The van der Waals surface area contributed by atoms with Crippen LogP contribution in [0.5, 0.6) is 0 Å². The fourth-order valence-electron chi connectivity index (χ4n) is 2.94. The maximum atomic E-state index is 12.2. The Hall–Kier alpha value is -2.04. The van der Waals surface area contributed by atoms with Crippen molar-refractivity contribution in [3.8, 4) is 0 Å². The van der Waals surface area contributed by atoms with Crippen LogP contribution in [0.25, 0.3) is 0 Å². The van der Waals surface area contributed by atoms with E-state index in [-0.39, 0.29) is 18.5 Å². The molecule has 2 aliphatic rings. The lowest BCUT2D eigenvalue weighted by Crippen LogP contribution is -2.43. The molecule has 1 aromatic rings. The van der Waals surface area contributed by atoms with E-state index >= 15 is 0 Å². The molecular formula is C15H19N3O2. The molecule has 2 aliphatic heterocycles. The third-order valence-electron chi connectivity index (χ3n) is 4.12. The van der Waals surface area contributed by atoms with Gasteiger partial charge >= 0.3 is 6.03 Å². The molecular weight excluding hydrogens is 254 g/mol. The number of carbonyl (C=O) groups is 2. The zero-order valence-corrected chi connectivity index (χ0v) is 11.6. The first-order valence-corrected chi connectivity index (χ1v) is 7.09. The van der Waals surface area contributed by atoms with E-state index in [9.17, 15) is 9.59 Å². The van der Waals surface area contributed by atoms with Crippen LogP contribution in [0.4, 0.5) is 10.5 Å². The molecule has 0 bridgehead atoms. The van der Waals surface area contributed by atoms with E-state index in [1.807, 2.05) is 12.1 Å². The van der Waals surface area contributed by atoms with E-state index in [0.717, 1.165) is 18.7 Å². The van der Waals surface area contributed by atoms with E-state index in [0.29, 0.717) is 19.0 Å². The minimum atomic E-state index is -0.270. The highest BCUT2D eigenvalue weighted by Crippen LogP contribution is 2.34. The van der Waals surface area contributed by atoms with E-state index in [2.05, 4.69) is 29.3 Å². The highest BCUT2D eigenvalue weighted by atomic mass is 16.2. The highest BCUT2D eigenvalue weighted by Gasteiger charge is 2.29. The zero-order chi connectivity index (χ0) is 14.1. The molecule has 20 heavy (non-hydrogen) atoms. The molecule has 0 radical (unpaired) electrons. The van der Waals surface area contributed by atoms with Crippen LogP contribution >= 0.6 is 0 Å². The number of amides is 3. The van der Waals surface area contributed by atoms with Gasteiger partial charge in [0.2, 0.25) is 5.91 Å². The van der Waals surface area contributed by atoms with Gasteiger partial charge in [-0.05, 0) is 24.0 Å². The van der Waals surface area contributed by atoms with Gasteiger partial charge in [-0.3, -0.25) is 9.69 Å². The zero-order valence-electron chi connectivity index (χ0n) is 11.6. The van der Waals surface area contributed by atoms with Crippen LogP contribution in [0, 0.1) is 0 Å². The average molecular weight is 273 g/mol. The molecule has 0 aromatic heterocycles. The van der Waals surface area contributed by atoms with Crippen LogP contribution in [0.1, 0.15) is 24.8 Å². The van der Waals surface area contributed by atoms with Crippen molar-refractivity contribution in [2.75, 3.05) is 31.1 Å². The van der Waals surface area contributed by atoms with E-state index in [1.165, 1.54) is 10.5 Å². The van der Waals surface area contributed by atoms with Gasteiger partial charge in [0.25, 0.3) is 0 Å². The van der Waals surface area contributed by atoms with Crippen molar-refractivity contribution in [2.24, 2.45) is 0 Å². The third-order valence-corrected chi connectivity index (χ3v) is 4.12. The lowest BCUT2D eigenvalue weighted by Gasteiger charge is -2.34. The summed E-state index contributed by atoms with van der Waals surface area (Å²) in [4.78, 5) is 27.2. The Morgan fingerprint density at radius 1 is 1.35 bits per heavy atom. The largest absolute Gasteiger partial charge is 0.362 e. The molecule has 2 heterocycles. The average Bonchev–Trinajstić information content (AvgIpc) is 2.88. The maximum Gasteiger partial charge on any atom is 0.324 e. The lowest BCUT2D eigenvalue weighted by molar-refractivity contribution is -0.126. The number of hydrogen-bond acceptors (Lipinski definition) is 3. The van der Waals surface area contributed by atoms with Crippen LogP contribution in [0.2, 0.25) is 0 Å². The van der Waals surface area contributed by atoms with Gasteiger partial charge in [0.15, 0.2) is 0 Å². The Morgan fingerprint density at radius 3 is 2.90 bits per heavy atom. The molecule has 5 heteroatoms. The van der Waals surface area contributed by atoms with Crippen molar-refractivity contribution in [1.29, 1.82) is 0 Å². The number of hydrogen-bond donors (Lipinski definition) is 1. The second kappa shape index (κ2) is 5.15. The van der Waals surface area contributed by atoms with Crippen LogP contribution < -0.4 is 10.2 Å². The maximum absolute atomic E-state index is 12.2. The monoisotopic (exact) mass is 273 g/mol. The number of anilines is 1. The normalized spacial score (nSPS) is 21.6. The fraction of sp³-hybridized carbons (Fsp3) is 0.467. The van der Waals surface area contributed by atoms with Gasteiger partial charge in [-0.15, -0.1) is 0 Å². The second-order valence-corrected chi connectivity index (χ2v) is 5.45. The Labute approximate surface area is 118 Å². The molecule has 106 valence electrons. The predicted octanol–water partition coefficient (Wildman–Crippen LogP) is 1.55. The van der Waals surface area contributed by atoms with Crippen LogP contribution in [0.3, 0.4) is 0 Å². The molecule has 0 saturated carbocycles. The Balaban J connectivity index is 1.77. The van der Waals surface area contributed by atoms with Crippen molar-refractivity contribution in [3.63, 3.8) is 0 Å². The quantitative estimate of drug-likeness (QED) is 0.889. The highest BCUT2D eigenvalue weighted by molar-refractivity contribution is 5.97. The summed E-state index contributed by atoms with van der Waals surface area (Å²) in [5.41, 5.74) is 2.41. The molecule has 1 aromatic carbocycles. The summed E-state index contributed by atoms with van der Waals surface area (Å²) < 4.78 is 0. The molecule has 1 N–H and O–H groups in total. The van der Waals surface area contributed by atoms with E-state index < -0.39 is 0 Å². The van der Waals surface area contributed by atoms with Gasteiger partial charge in [-0.2, -0.15) is 0 Å². The Morgan fingerprint density at radius 2 is 2.15 bits per heavy atom. The summed E-state index contributed by atoms with van der Waals surface area (Å²) in [7, 11) is 0. The molecule has 0 aliphatic carbocycles. The summed E-state index contributed by atoms with van der Waals surface area (Å²) in [5.74, 6) is 0.400. The van der Waals surface area contributed by atoms with Gasteiger partial charge in [0.1, 0.15) is 0 Å². The lowest BCUT2D eigenvalue weighted by atomic mass is 9.91. The summed E-state index contributed by atoms with van der Waals surface area (Å²) in [6.45, 7) is 4.38. The van der Waals surface area contributed by atoms with Crippen LogP contribution in [-0.2, 0) is 4.79 Å². The summed E-state index contributed by atoms with van der Waals surface area (Å²) in [6, 6.07) is 7.95. The first kappa shape index (κ1) is 13.0. The van der Waals surface area contributed by atoms with Gasteiger partial charge in [0, 0.05) is 25.3 Å². The number of para-hydroxylation sites is 1. The molecule has 1 atom stereocenters. The molecule has 3 amide bonds. The van der Waals surface area contributed by atoms with Crippen molar-refractivity contribution in [3.05, 3.63) is 29.8 Å². The first-order chi connectivity index (χ1) is 9.66. The number of urea groups is 1. The van der Waals surface area contributed by atoms with Gasteiger partial charge in [-0.1, -0.05) is 25.1 Å². The predicted molar refractivity (Wildman–Crippen MR) is 76.8 cm³/mol. The SMILES string of the molecule is C[C@H]1CCN(CC(=O)N2CCNC2=O)c2ccccc21. The Bertz CT molecular complexity index is 544. The second-order valence-electron chi connectivity index (χ2n) is 5.45. The van der Waals surface area contributed by atoms with E-state index in [1.54, 1.807) is 0 Å². The van der Waals surface area contributed by atoms with Gasteiger partial charge in [0.05, 0.1) is 6.54 Å². The van der Waals surface area contributed by atoms with Crippen LogP contribution in [0.15, 0.2) is 24.3 Å². The number of carbonyl (C=O) groups excluding carboxylic acids is 2. The standard InChI is InChI=1S/C15H19N3O2/c1-11-6-8-17(13-5-3-2-4-12(11)13)10-14(19)18-9-7-16-15(18)20/h2-5,11H,6-10H2,1H3,(H,16,20)/t11-/m0/s1. The van der Waals surface area contributed by atoms with Crippen molar-refractivity contribution < 1.29 is 9.59 Å². The van der Waals surface area contributed by atoms with Crippen LogP contribution in [-0.4, -0.2) is 43.0 Å². The molecule has 0 unspecified atom stereocenters. The van der Waals surface area contributed by atoms with Crippen molar-refractivity contribution in [1.82, 2.24) is 10.2 Å². The summed E-state index contributed by atoms with van der Waals surface area (Å²) in [6.07, 6.45) is 1.04. The molecule has 5 nitrogen and oxygen atoms in total. The van der Waals surface area contributed by atoms with Gasteiger partial charge < -0.3 is 10.2 Å². The van der Waals surface area contributed by atoms with Gasteiger partial charge in [-0.25, -0.2) is 4.79 Å². The number of benzene rings is 1. The minimum Gasteiger partial charge on any atom is -0.362 e. The minimum absolute atomic E-state index is 0.121. The number of fused-ring (bicyclic) bond motifs is 1. The molecule has 1 saturated heterocycles. The number of rotatable bonds is 2. The van der Waals surface area contributed by atoms with E-state index in [4.69, 9.17) is 0 Å². The molecule has 1 fully saturated rings. The Kier molecular flexibility index (Phi) is 3.34. The number of imide groups is 1. The smallest absolute Gasteiger partial charge is 0.324 e. The summed E-state index contributed by atoms with van der Waals surface area (Å²) >= 11 is 0. The third kappa shape index (κ3) is 2.24.